The topological polar surface area (TPSA) is 36.9 Å². The lowest BCUT2D eigenvalue weighted by atomic mass is 10.1. The SMILES string of the molecule is CCCCOC(CCCCCCCCCC=COCOCC)OCCCC. The van der Waals surface area contributed by atoms with Gasteiger partial charge in [0.05, 0.1) is 6.26 Å². The predicted molar refractivity (Wildman–Crippen MR) is 114 cm³/mol. The van der Waals surface area contributed by atoms with Gasteiger partial charge in [0.25, 0.3) is 0 Å². The van der Waals surface area contributed by atoms with Crippen LogP contribution in [0.5, 0.6) is 0 Å². The average Bonchev–Trinajstić information content (AvgIpc) is 2.68. The maximum atomic E-state index is 5.90. The largest absolute Gasteiger partial charge is 0.475 e. The lowest BCUT2D eigenvalue weighted by Crippen LogP contribution is -2.18. The fourth-order valence-corrected chi connectivity index (χ4v) is 2.70. The Kier molecular flexibility index (Phi) is 23.0. The van der Waals surface area contributed by atoms with E-state index in [0.717, 1.165) is 38.9 Å². The number of rotatable bonds is 22. The maximum Gasteiger partial charge on any atom is 0.188 e. The van der Waals surface area contributed by atoms with Gasteiger partial charge in [-0.05, 0) is 51.5 Å². The van der Waals surface area contributed by atoms with Crippen LogP contribution in [-0.2, 0) is 18.9 Å². The molecule has 0 aromatic carbocycles. The summed E-state index contributed by atoms with van der Waals surface area (Å²) in [6, 6.07) is 0. The number of hydrogen-bond acceptors (Lipinski definition) is 4. The molecule has 0 amide bonds. The molecule has 27 heavy (non-hydrogen) atoms. The van der Waals surface area contributed by atoms with Gasteiger partial charge in [-0.1, -0.05) is 58.8 Å². The van der Waals surface area contributed by atoms with Crippen LogP contribution in [0.3, 0.4) is 0 Å². The molecular formula is C23H46O4. The van der Waals surface area contributed by atoms with Crippen LogP contribution in [-0.4, -0.2) is 32.9 Å². The Labute approximate surface area is 169 Å². The van der Waals surface area contributed by atoms with Crippen molar-refractivity contribution in [2.75, 3.05) is 26.6 Å². The van der Waals surface area contributed by atoms with E-state index in [2.05, 4.69) is 19.9 Å². The third-order valence-corrected chi connectivity index (χ3v) is 4.46. The van der Waals surface area contributed by atoms with Gasteiger partial charge >= 0.3 is 0 Å². The molecule has 0 fully saturated rings. The van der Waals surface area contributed by atoms with Gasteiger partial charge in [-0.3, -0.25) is 0 Å². The van der Waals surface area contributed by atoms with E-state index in [-0.39, 0.29) is 6.29 Å². The molecule has 4 nitrogen and oxygen atoms in total. The zero-order chi connectivity index (χ0) is 19.8. The molecule has 0 radical (unpaired) electrons. The van der Waals surface area contributed by atoms with Gasteiger partial charge in [0.1, 0.15) is 0 Å². The third-order valence-electron chi connectivity index (χ3n) is 4.46. The number of allylic oxidation sites excluding steroid dienone is 1. The van der Waals surface area contributed by atoms with Crippen LogP contribution in [0.25, 0.3) is 0 Å². The Bertz CT molecular complexity index is 284. The van der Waals surface area contributed by atoms with E-state index in [4.69, 9.17) is 18.9 Å². The van der Waals surface area contributed by atoms with Gasteiger partial charge < -0.3 is 18.9 Å². The van der Waals surface area contributed by atoms with Crippen LogP contribution < -0.4 is 0 Å². The molecule has 0 aliphatic heterocycles. The highest BCUT2D eigenvalue weighted by molar-refractivity contribution is 4.72. The zero-order valence-corrected chi connectivity index (χ0v) is 18.4. The van der Waals surface area contributed by atoms with Crippen molar-refractivity contribution in [3.8, 4) is 0 Å². The van der Waals surface area contributed by atoms with Crippen LogP contribution >= 0.6 is 0 Å². The molecule has 0 bridgehead atoms. The Morgan fingerprint density at radius 1 is 0.704 bits per heavy atom. The molecule has 0 saturated carbocycles. The summed E-state index contributed by atoms with van der Waals surface area (Å²) in [5.74, 6) is 0. The van der Waals surface area contributed by atoms with Gasteiger partial charge in [-0.25, -0.2) is 0 Å². The summed E-state index contributed by atoms with van der Waals surface area (Å²) in [4.78, 5) is 0. The Morgan fingerprint density at radius 3 is 1.89 bits per heavy atom. The van der Waals surface area contributed by atoms with Gasteiger partial charge in [-0.2, -0.15) is 0 Å². The molecule has 0 aliphatic rings. The average molecular weight is 387 g/mol. The minimum atomic E-state index is 0.0137. The monoisotopic (exact) mass is 386 g/mol. The first kappa shape index (κ1) is 26.4. The van der Waals surface area contributed by atoms with Crippen LogP contribution in [0, 0.1) is 0 Å². The van der Waals surface area contributed by atoms with Gasteiger partial charge in [-0.15, -0.1) is 0 Å². The molecule has 0 aliphatic carbocycles. The van der Waals surface area contributed by atoms with E-state index in [1.165, 1.54) is 57.8 Å². The molecule has 0 rings (SSSR count). The number of ether oxygens (including phenoxy) is 4. The minimum Gasteiger partial charge on any atom is -0.475 e. The summed E-state index contributed by atoms with van der Waals surface area (Å²) in [6.45, 7) is 9.09. The Morgan fingerprint density at radius 2 is 1.30 bits per heavy atom. The van der Waals surface area contributed by atoms with Crippen molar-refractivity contribution in [3.63, 3.8) is 0 Å². The minimum absolute atomic E-state index is 0.0137. The summed E-state index contributed by atoms with van der Waals surface area (Å²) in [6.07, 6.45) is 19.7. The molecule has 0 N–H and O–H groups in total. The van der Waals surface area contributed by atoms with E-state index >= 15 is 0 Å². The van der Waals surface area contributed by atoms with E-state index in [1.54, 1.807) is 6.26 Å². The molecule has 0 atom stereocenters. The summed E-state index contributed by atoms with van der Waals surface area (Å²) < 4.78 is 22.1. The summed E-state index contributed by atoms with van der Waals surface area (Å²) in [5, 5.41) is 0. The second-order valence-corrected chi connectivity index (χ2v) is 7.08. The first-order valence-electron chi connectivity index (χ1n) is 11.4. The Balaban J connectivity index is 3.46. The molecule has 0 aromatic heterocycles. The van der Waals surface area contributed by atoms with Crippen molar-refractivity contribution in [3.05, 3.63) is 12.3 Å². The van der Waals surface area contributed by atoms with Crippen molar-refractivity contribution in [2.24, 2.45) is 0 Å². The molecule has 162 valence electrons. The van der Waals surface area contributed by atoms with E-state index in [9.17, 15) is 0 Å². The first-order chi connectivity index (χ1) is 13.3. The molecule has 0 spiro atoms. The number of unbranched alkanes of at least 4 members (excludes halogenated alkanes) is 9. The van der Waals surface area contributed by atoms with Gasteiger partial charge in [0, 0.05) is 19.8 Å². The van der Waals surface area contributed by atoms with Crippen LogP contribution in [0.4, 0.5) is 0 Å². The maximum absolute atomic E-state index is 5.90. The lowest BCUT2D eigenvalue weighted by molar-refractivity contribution is -0.147. The molecule has 0 heterocycles. The van der Waals surface area contributed by atoms with Crippen molar-refractivity contribution < 1.29 is 18.9 Å². The highest BCUT2D eigenvalue weighted by Gasteiger charge is 2.08. The highest BCUT2D eigenvalue weighted by atomic mass is 16.7. The van der Waals surface area contributed by atoms with Gasteiger partial charge in [0.2, 0.25) is 0 Å². The molecule has 0 saturated heterocycles. The second kappa shape index (κ2) is 23.5. The summed E-state index contributed by atoms with van der Waals surface area (Å²) >= 11 is 0. The highest BCUT2D eigenvalue weighted by Crippen LogP contribution is 2.13. The van der Waals surface area contributed by atoms with E-state index < -0.39 is 0 Å². The summed E-state index contributed by atoms with van der Waals surface area (Å²) in [5.41, 5.74) is 0. The third kappa shape index (κ3) is 21.6. The van der Waals surface area contributed by atoms with Crippen molar-refractivity contribution in [1.29, 1.82) is 0 Å². The zero-order valence-electron chi connectivity index (χ0n) is 18.4. The number of hydrogen-bond donors (Lipinski definition) is 0. The first-order valence-corrected chi connectivity index (χ1v) is 11.4. The summed E-state index contributed by atoms with van der Waals surface area (Å²) in [7, 11) is 0. The lowest BCUT2D eigenvalue weighted by Gasteiger charge is -2.18. The normalized spacial score (nSPS) is 11.7. The fourth-order valence-electron chi connectivity index (χ4n) is 2.70. The van der Waals surface area contributed by atoms with Crippen LogP contribution in [0.2, 0.25) is 0 Å². The van der Waals surface area contributed by atoms with E-state index in [1.807, 2.05) is 6.92 Å². The quantitative estimate of drug-likeness (QED) is 0.114. The molecule has 4 heteroatoms. The predicted octanol–water partition coefficient (Wildman–Crippen LogP) is 6.98. The second-order valence-electron chi connectivity index (χ2n) is 7.08. The van der Waals surface area contributed by atoms with E-state index in [0.29, 0.717) is 13.4 Å². The standard InChI is InChI=1S/C23H46O4/c1-4-7-20-26-23(27-21-8-5-2)18-16-14-12-10-9-11-13-15-17-19-25-22-24-6-3/h17,19,23H,4-16,18,20-22H2,1-3H3. The van der Waals surface area contributed by atoms with Crippen molar-refractivity contribution in [1.82, 2.24) is 0 Å². The van der Waals surface area contributed by atoms with Gasteiger partial charge in [0.15, 0.2) is 13.1 Å². The molecule has 0 aromatic rings. The molecular weight excluding hydrogens is 340 g/mol. The van der Waals surface area contributed by atoms with Crippen molar-refractivity contribution >= 4 is 0 Å². The van der Waals surface area contributed by atoms with Crippen LogP contribution in [0.1, 0.15) is 104 Å². The smallest absolute Gasteiger partial charge is 0.188 e. The fraction of sp³-hybridized carbons (Fsp3) is 0.913. The Hall–Kier alpha value is -0.580. The van der Waals surface area contributed by atoms with Crippen molar-refractivity contribution in [2.45, 2.75) is 111 Å². The van der Waals surface area contributed by atoms with Crippen LogP contribution in [0.15, 0.2) is 12.3 Å². The molecule has 0 unspecified atom stereocenters.